The molecule has 0 unspecified atom stereocenters. The van der Waals surface area contributed by atoms with E-state index in [1.165, 1.54) is 17.4 Å². The molecule has 0 aliphatic carbocycles. The Labute approximate surface area is 107 Å². The molecule has 4 heteroatoms. The summed E-state index contributed by atoms with van der Waals surface area (Å²) in [4.78, 5) is 1.86. The summed E-state index contributed by atoms with van der Waals surface area (Å²) in [5.74, 6) is 2.07. The Hall–Kier alpha value is -1.73. The summed E-state index contributed by atoms with van der Waals surface area (Å²) < 4.78 is 38.5. The van der Waals surface area contributed by atoms with E-state index in [1.54, 1.807) is 6.07 Å². The van der Waals surface area contributed by atoms with E-state index < -0.39 is 11.7 Å². The molecule has 92 valence electrons. The van der Waals surface area contributed by atoms with Crippen LogP contribution in [0.15, 0.2) is 30.3 Å². The van der Waals surface area contributed by atoms with Gasteiger partial charge in [-0.25, -0.2) is 0 Å². The van der Waals surface area contributed by atoms with E-state index in [0.717, 1.165) is 15.8 Å². The molecule has 0 bridgehead atoms. The summed E-state index contributed by atoms with van der Waals surface area (Å²) >= 11 is 1.45. The maximum absolute atomic E-state index is 12.8. The molecule has 0 amide bonds. The lowest BCUT2D eigenvalue weighted by Gasteiger charge is -2.10. The highest BCUT2D eigenvalue weighted by Crippen LogP contribution is 2.36. The maximum atomic E-state index is 12.8. The molecule has 0 aliphatic heterocycles. The normalized spacial score (nSPS) is 11.3. The number of aryl methyl sites for hydroxylation is 1. The van der Waals surface area contributed by atoms with Gasteiger partial charge in [-0.2, -0.15) is 13.2 Å². The quantitative estimate of drug-likeness (QED) is 0.655. The van der Waals surface area contributed by atoms with Crippen molar-refractivity contribution < 1.29 is 13.2 Å². The second-order valence-corrected chi connectivity index (χ2v) is 5.10. The highest BCUT2D eigenvalue weighted by atomic mass is 32.1. The van der Waals surface area contributed by atoms with Crippen molar-refractivity contribution in [2.45, 2.75) is 13.1 Å². The van der Waals surface area contributed by atoms with Crippen molar-refractivity contribution in [3.63, 3.8) is 0 Å². The number of halogens is 3. The molecule has 0 nitrogen and oxygen atoms in total. The van der Waals surface area contributed by atoms with Gasteiger partial charge in [0.05, 0.1) is 5.56 Å². The fraction of sp³-hybridized carbons (Fsp3) is 0.143. The highest BCUT2D eigenvalue weighted by Gasteiger charge is 2.33. The average Bonchev–Trinajstić information content (AvgIpc) is 2.74. The molecule has 0 saturated carbocycles. The molecular formula is C14H9F3S. The zero-order chi connectivity index (χ0) is 13.3. The van der Waals surface area contributed by atoms with Gasteiger partial charge in [0, 0.05) is 15.3 Å². The lowest BCUT2D eigenvalue weighted by Crippen LogP contribution is -2.07. The molecule has 0 spiro atoms. The predicted octanol–water partition coefficient (Wildman–Crippen LogP) is 4.72. The van der Waals surface area contributed by atoms with Gasteiger partial charge in [0.15, 0.2) is 0 Å². The Morgan fingerprint density at radius 3 is 2.39 bits per heavy atom. The van der Waals surface area contributed by atoms with E-state index in [-0.39, 0.29) is 5.56 Å². The number of hydrogen-bond acceptors (Lipinski definition) is 1. The standard InChI is InChI=1S/C14H9F3S/c1-3-10-5-6-11(8-12(10)14(15,16)17)13-7-4-9(2)18-13/h1,4-8H,2H3. The zero-order valence-electron chi connectivity index (χ0n) is 9.51. The summed E-state index contributed by atoms with van der Waals surface area (Å²) in [6.07, 6.45) is 0.666. The van der Waals surface area contributed by atoms with Crippen LogP contribution in [0.3, 0.4) is 0 Å². The van der Waals surface area contributed by atoms with Crippen molar-refractivity contribution in [2.75, 3.05) is 0 Å². The van der Waals surface area contributed by atoms with Crippen LogP contribution in [0.5, 0.6) is 0 Å². The maximum Gasteiger partial charge on any atom is 0.417 e. The first-order chi connectivity index (χ1) is 8.41. The van der Waals surface area contributed by atoms with Crippen LogP contribution in [0.25, 0.3) is 10.4 Å². The Bertz CT molecular complexity index is 615. The van der Waals surface area contributed by atoms with Crippen molar-refractivity contribution in [2.24, 2.45) is 0 Å². The number of alkyl halides is 3. The van der Waals surface area contributed by atoms with Gasteiger partial charge in [-0.3, -0.25) is 0 Å². The molecule has 0 saturated heterocycles. The van der Waals surface area contributed by atoms with Gasteiger partial charge in [-0.05, 0) is 36.8 Å². The average molecular weight is 266 g/mol. The second-order valence-electron chi connectivity index (χ2n) is 3.81. The number of hydrogen-bond donors (Lipinski definition) is 0. The van der Waals surface area contributed by atoms with Crippen LogP contribution in [0, 0.1) is 19.3 Å². The van der Waals surface area contributed by atoms with Crippen LogP contribution in [0.4, 0.5) is 13.2 Å². The third-order valence-electron chi connectivity index (χ3n) is 2.51. The lowest BCUT2D eigenvalue weighted by molar-refractivity contribution is -0.137. The molecule has 1 heterocycles. The topological polar surface area (TPSA) is 0 Å². The van der Waals surface area contributed by atoms with Gasteiger partial charge in [0.2, 0.25) is 0 Å². The zero-order valence-corrected chi connectivity index (χ0v) is 10.3. The van der Waals surface area contributed by atoms with Crippen molar-refractivity contribution in [1.82, 2.24) is 0 Å². The SMILES string of the molecule is C#Cc1ccc(-c2ccc(C)s2)cc1C(F)(F)F. The molecule has 2 aromatic rings. The van der Waals surface area contributed by atoms with Gasteiger partial charge in [0.25, 0.3) is 0 Å². The van der Waals surface area contributed by atoms with Crippen molar-refractivity contribution in [3.05, 3.63) is 46.3 Å². The van der Waals surface area contributed by atoms with Gasteiger partial charge in [-0.1, -0.05) is 12.0 Å². The molecule has 0 atom stereocenters. The number of thiophene rings is 1. The summed E-state index contributed by atoms with van der Waals surface area (Å²) in [5, 5.41) is 0. The molecule has 0 fully saturated rings. The number of benzene rings is 1. The van der Waals surface area contributed by atoms with Crippen molar-refractivity contribution in [3.8, 4) is 22.8 Å². The van der Waals surface area contributed by atoms with Crippen LogP contribution in [-0.2, 0) is 6.18 Å². The Morgan fingerprint density at radius 1 is 1.17 bits per heavy atom. The van der Waals surface area contributed by atoms with Gasteiger partial charge in [0.1, 0.15) is 0 Å². The molecule has 1 aromatic heterocycles. The first-order valence-electron chi connectivity index (χ1n) is 5.16. The fourth-order valence-corrected chi connectivity index (χ4v) is 2.51. The molecule has 0 N–H and O–H groups in total. The number of rotatable bonds is 1. The van der Waals surface area contributed by atoms with E-state index in [0.29, 0.717) is 5.56 Å². The van der Waals surface area contributed by atoms with Gasteiger partial charge in [-0.15, -0.1) is 17.8 Å². The predicted molar refractivity (Wildman–Crippen MR) is 67.4 cm³/mol. The van der Waals surface area contributed by atoms with Gasteiger partial charge >= 0.3 is 6.18 Å². The smallest absolute Gasteiger partial charge is 0.166 e. The first kappa shape index (κ1) is 12.7. The Balaban J connectivity index is 2.57. The Kier molecular flexibility index (Phi) is 3.18. The van der Waals surface area contributed by atoms with Crippen LogP contribution >= 0.6 is 11.3 Å². The molecule has 2 rings (SSSR count). The van der Waals surface area contributed by atoms with Crippen LogP contribution in [0.2, 0.25) is 0 Å². The summed E-state index contributed by atoms with van der Waals surface area (Å²) in [7, 11) is 0. The minimum atomic E-state index is -4.43. The summed E-state index contributed by atoms with van der Waals surface area (Å²) in [5.41, 5.74) is -0.340. The molecule has 18 heavy (non-hydrogen) atoms. The molecule has 1 aromatic carbocycles. The first-order valence-corrected chi connectivity index (χ1v) is 5.98. The molecular weight excluding hydrogens is 257 g/mol. The largest absolute Gasteiger partial charge is 0.417 e. The number of terminal acetylenes is 1. The van der Waals surface area contributed by atoms with Crippen LogP contribution < -0.4 is 0 Å². The van der Waals surface area contributed by atoms with Crippen LogP contribution in [0.1, 0.15) is 16.0 Å². The van der Waals surface area contributed by atoms with E-state index in [1.807, 2.05) is 19.1 Å². The monoisotopic (exact) mass is 266 g/mol. The third kappa shape index (κ3) is 2.41. The Morgan fingerprint density at radius 2 is 1.89 bits per heavy atom. The minimum absolute atomic E-state index is 0.125. The summed E-state index contributed by atoms with van der Waals surface area (Å²) in [6.45, 7) is 1.91. The van der Waals surface area contributed by atoms with E-state index >= 15 is 0 Å². The molecule has 0 aliphatic rings. The second kappa shape index (κ2) is 4.51. The fourth-order valence-electron chi connectivity index (χ4n) is 1.65. The lowest BCUT2D eigenvalue weighted by atomic mass is 10.0. The van der Waals surface area contributed by atoms with E-state index in [2.05, 4.69) is 5.92 Å². The minimum Gasteiger partial charge on any atom is -0.166 e. The third-order valence-corrected chi connectivity index (χ3v) is 3.56. The molecule has 0 radical (unpaired) electrons. The van der Waals surface area contributed by atoms with Crippen molar-refractivity contribution in [1.29, 1.82) is 0 Å². The van der Waals surface area contributed by atoms with Crippen LogP contribution in [-0.4, -0.2) is 0 Å². The van der Waals surface area contributed by atoms with E-state index in [9.17, 15) is 13.2 Å². The van der Waals surface area contributed by atoms with Gasteiger partial charge < -0.3 is 0 Å². The summed E-state index contributed by atoms with van der Waals surface area (Å²) in [6, 6.07) is 7.76. The highest BCUT2D eigenvalue weighted by molar-refractivity contribution is 7.15. The van der Waals surface area contributed by atoms with Crippen molar-refractivity contribution >= 4 is 11.3 Å². The van der Waals surface area contributed by atoms with E-state index in [4.69, 9.17) is 6.42 Å².